The predicted molar refractivity (Wildman–Crippen MR) is 58.8 cm³/mol. The van der Waals surface area contributed by atoms with E-state index in [0.717, 1.165) is 6.07 Å². The second kappa shape index (κ2) is 5.83. The van der Waals surface area contributed by atoms with Gasteiger partial charge in [0.15, 0.2) is 0 Å². The van der Waals surface area contributed by atoms with Crippen LogP contribution in [0, 0.1) is 12.7 Å². The van der Waals surface area contributed by atoms with Gasteiger partial charge in [0.25, 0.3) is 5.91 Å². The molecule has 0 aromatic heterocycles. The molecule has 1 aromatic rings. The Kier molecular flexibility index (Phi) is 4.45. The number of benzene rings is 1. The fourth-order valence-corrected chi connectivity index (χ4v) is 1.08. The summed E-state index contributed by atoms with van der Waals surface area (Å²) in [6, 6.07) is 4.03. The minimum Gasteiger partial charge on any atom is -0.449 e. The number of rotatable bonds is 2. The van der Waals surface area contributed by atoms with Gasteiger partial charge in [-0.1, -0.05) is 6.07 Å². The summed E-state index contributed by atoms with van der Waals surface area (Å²) in [5.41, 5.74) is 4.69. The van der Waals surface area contributed by atoms with Crippen LogP contribution in [-0.2, 0) is 4.74 Å². The van der Waals surface area contributed by atoms with Gasteiger partial charge in [-0.05, 0) is 31.5 Å². The van der Waals surface area contributed by atoms with Gasteiger partial charge in [-0.3, -0.25) is 10.2 Å². The third-order valence-electron chi connectivity index (χ3n) is 1.99. The van der Waals surface area contributed by atoms with E-state index in [1.807, 2.05) is 5.43 Å². The van der Waals surface area contributed by atoms with E-state index in [4.69, 9.17) is 0 Å². The lowest BCUT2D eigenvalue weighted by Crippen LogP contribution is -2.41. The van der Waals surface area contributed by atoms with Crippen LogP contribution in [0.2, 0.25) is 0 Å². The van der Waals surface area contributed by atoms with Crippen molar-refractivity contribution in [1.82, 2.24) is 10.9 Å². The highest BCUT2D eigenvalue weighted by Gasteiger charge is 2.09. The number of hydrazine groups is 1. The van der Waals surface area contributed by atoms with Crippen LogP contribution in [0.15, 0.2) is 18.2 Å². The average Bonchev–Trinajstić information content (AvgIpc) is 2.30. The highest BCUT2D eigenvalue weighted by molar-refractivity contribution is 5.94. The molecule has 0 spiro atoms. The normalized spacial score (nSPS) is 9.59. The van der Waals surface area contributed by atoms with Crippen molar-refractivity contribution in [2.24, 2.45) is 0 Å². The molecule has 1 rings (SSSR count). The van der Waals surface area contributed by atoms with Crippen molar-refractivity contribution >= 4 is 12.0 Å². The molecule has 0 bridgehead atoms. The number of hydrogen-bond donors (Lipinski definition) is 2. The first-order valence-corrected chi connectivity index (χ1v) is 5.04. The molecule has 0 saturated heterocycles. The molecular formula is C11H13FN2O3. The highest BCUT2D eigenvalue weighted by atomic mass is 19.1. The molecule has 0 fully saturated rings. The summed E-state index contributed by atoms with van der Waals surface area (Å²) < 4.78 is 17.7. The molecule has 1 aromatic carbocycles. The summed E-state index contributed by atoms with van der Waals surface area (Å²) in [5.74, 6) is -1.09. The van der Waals surface area contributed by atoms with Gasteiger partial charge in [0, 0.05) is 5.56 Å². The predicted octanol–water partition coefficient (Wildman–Crippen LogP) is 1.53. The second-order valence-electron chi connectivity index (χ2n) is 3.26. The van der Waals surface area contributed by atoms with Gasteiger partial charge in [0.05, 0.1) is 6.61 Å². The minimum absolute atomic E-state index is 0.116. The summed E-state index contributed by atoms with van der Waals surface area (Å²) in [4.78, 5) is 22.3. The molecule has 2 N–H and O–H groups in total. The van der Waals surface area contributed by atoms with E-state index in [1.54, 1.807) is 13.8 Å². The summed E-state index contributed by atoms with van der Waals surface area (Å²) >= 11 is 0. The molecule has 2 amide bonds. The van der Waals surface area contributed by atoms with Gasteiger partial charge in [-0.25, -0.2) is 14.6 Å². The molecule has 0 atom stereocenters. The number of aryl methyl sites for hydroxylation is 1. The number of amides is 2. The fraction of sp³-hybridized carbons (Fsp3) is 0.273. The average molecular weight is 240 g/mol. The number of ether oxygens (including phenoxy) is 1. The molecule has 6 heteroatoms. The van der Waals surface area contributed by atoms with E-state index < -0.39 is 17.8 Å². The lowest BCUT2D eigenvalue weighted by Gasteiger charge is -2.07. The van der Waals surface area contributed by atoms with Crippen LogP contribution in [0.3, 0.4) is 0 Å². The molecule has 92 valence electrons. The van der Waals surface area contributed by atoms with Gasteiger partial charge in [-0.2, -0.15) is 0 Å². The van der Waals surface area contributed by atoms with Gasteiger partial charge >= 0.3 is 6.09 Å². The Morgan fingerprint density at radius 1 is 1.35 bits per heavy atom. The topological polar surface area (TPSA) is 67.4 Å². The summed E-state index contributed by atoms with van der Waals surface area (Å²) in [7, 11) is 0. The van der Waals surface area contributed by atoms with Crippen LogP contribution in [0.1, 0.15) is 22.8 Å². The number of carbonyl (C=O) groups excluding carboxylic acids is 2. The summed E-state index contributed by atoms with van der Waals surface area (Å²) in [6.45, 7) is 3.42. The third-order valence-corrected chi connectivity index (χ3v) is 1.99. The molecular weight excluding hydrogens is 227 g/mol. The minimum atomic E-state index is -0.770. The number of nitrogens with one attached hydrogen (secondary N) is 2. The molecule has 0 aliphatic heterocycles. The first-order chi connectivity index (χ1) is 8.04. The maximum atomic E-state index is 13.2. The Labute approximate surface area is 97.9 Å². The Morgan fingerprint density at radius 3 is 2.65 bits per heavy atom. The van der Waals surface area contributed by atoms with E-state index in [1.165, 1.54) is 12.1 Å². The quantitative estimate of drug-likeness (QED) is 0.770. The zero-order chi connectivity index (χ0) is 12.8. The lowest BCUT2D eigenvalue weighted by atomic mass is 10.1. The molecule has 17 heavy (non-hydrogen) atoms. The summed E-state index contributed by atoms with van der Waals surface area (Å²) in [5, 5.41) is 0. The first kappa shape index (κ1) is 13.0. The largest absolute Gasteiger partial charge is 0.449 e. The number of carbonyl (C=O) groups is 2. The second-order valence-corrected chi connectivity index (χ2v) is 3.26. The van der Waals surface area contributed by atoms with Crippen molar-refractivity contribution in [3.8, 4) is 0 Å². The van der Waals surface area contributed by atoms with Crippen molar-refractivity contribution in [1.29, 1.82) is 0 Å². The molecule has 0 heterocycles. The van der Waals surface area contributed by atoms with Crippen molar-refractivity contribution < 1.29 is 18.7 Å². The molecule has 5 nitrogen and oxygen atoms in total. The van der Waals surface area contributed by atoms with Crippen LogP contribution in [0.4, 0.5) is 9.18 Å². The molecule has 0 radical (unpaired) electrons. The highest BCUT2D eigenvalue weighted by Crippen LogP contribution is 2.08. The van der Waals surface area contributed by atoms with E-state index in [2.05, 4.69) is 10.2 Å². The van der Waals surface area contributed by atoms with E-state index >= 15 is 0 Å². The Hall–Kier alpha value is -2.11. The zero-order valence-corrected chi connectivity index (χ0v) is 9.54. The molecule has 0 unspecified atom stereocenters. The van der Waals surface area contributed by atoms with Crippen LogP contribution >= 0.6 is 0 Å². The van der Waals surface area contributed by atoms with Crippen LogP contribution in [-0.4, -0.2) is 18.6 Å². The fourth-order valence-electron chi connectivity index (χ4n) is 1.08. The van der Waals surface area contributed by atoms with E-state index in [9.17, 15) is 14.0 Å². The van der Waals surface area contributed by atoms with Gasteiger partial charge in [-0.15, -0.1) is 0 Å². The Bertz CT molecular complexity index is 435. The van der Waals surface area contributed by atoms with Crippen LogP contribution < -0.4 is 10.9 Å². The SMILES string of the molecule is CCOC(=O)NNC(=O)c1ccc(C)c(F)c1. The summed E-state index contributed by atoms with van der Waals surface area (Å²) in [6.07, 6.45) is -0.770. The molecule has 0 aliphatic carbocycles. The first-order valence-electron chi connectivity index (χ1n) is 5.04. The van der Waals surface area contributed by atoms with Crippen molar-refractivity contribution in [2.45, 2.75) is 13.8 Å². The van der Waals surface area contributed by atoms with Crippen molar-refractivity contribution in [3.05, 3.63) is 35.1 Å². The molecule has 0 aliphatic rings. The zero-order valence-electron chi connectivity index (χ0n) is 9.54. The number of hydrogen-bond acceptors (Lipinski definition) is 3. The smallest absolute Gasteiger partial charge is 0.426 e. The molecule has 0 saturated carbocycles. The van der Waals surface area contributed by atoms with Crippen LogP contribution in [0.5, 0.6) is 0 Å². The third kappa shape index (κ3) is 3.75. The Morgan fingerprint density at radius 2 is 2.06 bits per heavy atom. The van der Waals surface area contributed by atoms with Crippen molar-refractivity contribution in [3.63, 3.8) is 0 Å². The van der Waals surface area contributed by atoms with E-state index in [0.29, 0.717) is 5.56 Å². The van der Waals surface area contributed by atoms with Gasteiger partial charge in [0.1, 0.15) is 5.82 Å². The lowest BCUT2D eigenvalue weighted by molar-refractivity contribution is 0.0912. The monoisotopic (exact) mass is 240 g/mol. The number of halogens is 1. The van der Waals surface area contributed by atoms with Crippen LogP contribution in [0.25, 0.3) is 0 Å². The standard InChI is InChI=1S/C11H13FN2O3/c1-3-17-11(16)14-13-10(15)8-5-4-7(2)9(12)6-8/h4-6H,3H2,1-2H3,(H,13,15)(H,14,16). The van der Waals surface area contributed by atoms with Gasteiger partial charge in [0.2, 0.25) is 0 Å². The van der Waals surface area contributed by atoms with Crippen molar-refractivity contribution in [2.75, 3.05) is 6.61 Å². The maximum Gasteiger partial charge on any atom is 0.426 e. The van der Waals surface area contributed by atoms with E-state index in [-0.39, 0.29) is 12.2 Å². The maximum absolute atomic E-state index is 13.2. The Balaban J connectivity index is 2.58. The van der Waals surface area contributed by atoms with Gasteiger partial charge < -0.3 is 4.74 Å².